The van der Waals surface area contributed by atoms with Crippen molar-refractivity contribution in [3.63, 3.8) is 0 Å². The molecule has 0 aromatic rings. The van der Waals surface area contributed by atoms with Crippen molar-refractivity contribution in [2.45, 2.75) is 45.6 Å². The highest BCUT2D eigenvalue weighted by Crippen LogP contribution is 2.00. The highest BCUT2D eigenvalue weighted by Gasteiger charge is 2.06. The summed E-state index contributed by atoms with van der Waals surface area (Å²) in [5.41, 5.74) is 5.00. The third kappa shape index (κ3) is 16.2. The molecular formula is C10H23ClN2O2. The number of primary amides is 1. The molecule has 15 heavy (non-hydrogen) atoms. The summed E-state index contributed by atoms with van der Waals surface area (Å²) in [5.74, 6) is 0. The first-order chi connectivity index (χ1) is 6.42. The van der Waals surface area contributed by atoms with Crippen molar-refractivity contribution in [1.82, 2.24) is 5.32 Å². The highest BCUT2D eigenvalue weighted by molar-refractivity contribution is 5.85. The second kappa shape index (κ2) is 8.80. The summed E-state index contributed by atoms with van der Waals surface area (Å²) in [5, 5.41) is 3.39. The topological polar surface area (TPSA) is 64.3 Å². The van der Waals surface area contributed by atoms with Gasteiger partial charge in [-0.3, -0.25) is 0 Å². The Morgan fingerprint density at radius 3 is 2.33 bits per heavy atom. The van der Waals surface area contributed by atoms with Crippen molar-refractivity contribution in [3.05, 3.63) is 0 Å². The molecule has 0 aliphatic heterocycles. The minimum Gasteiger partial charge on any atom is -0.450 e. The van der Waals surface area contributed by atoms with Gasteiger partial charge >= 0.3 is 6.09 Å². The summed E-state index contributed by atoms with van der Waals surface area (Å²) in [7, 11) is 0. The number of carbonyl (C=O) groups is 1. The molecular weight excluding hydrogens is 216 g/mol. The van der Waals surface area contributed by atoms with Crippen LogP contribution >= 0.6 is 12.4 Å². The van der Waals surface area contributed by atoms with E-state index >= 15 is 0 Å². The monoisotopic (exact) mass is 238 g/mol. The molecule has 0 spiro atoms. The van der Waals surface area contributed by atoms with Crippen LogP contribution in [0, 0.1) is 0 Å². The Labute approximate surface area is 98.3 Å². The summed E-state index contributed by atoms with van der Waals surface area (Å²) in [6, 6.07) is 0. The van der Waals surface area contributed by atoms with E-state index in [2.05, 4.69) is 30.8 Å². The lowest BCUT2D eigenvalue weighted by atomic mass is 10.1. The Bertz CT molecular complexity index is 169. The van der Waals surface area contributed by atoms with Crippen molar-refractivity contribution in [3.8, 4) is 0 Å². The second-order valence-corrected chi connectivity index (χ2v) is 4.40. The molecule has 5 heteroatoms. The number of hydrogen-bond donors (Lipinski definition) is 2. The molecule has 0 heterocycles. The van der Waals surface area contributed by atoms with E-state index in [1.165, 1.54) is 0 Å². The van der Waals surface area contributed by atoms with E-state index in [0.29, 0.717) is 6.61 Å². The van der Waals surface area contributed by atoms with E-state index in [4.69, 9.17) is 5.73 Å². The van der Waals surface area contributed by atoms with Crippen molar-refractivity contribution in [1.29, 1.82) is 0 Å². The summed E-state index contributed by atoms with van der Waals surface area (Å²) >= 11 is 0. The highest BCUT2D eigenvalue weighted by atomic mass is 35.5. The fourth-order valence-electron chi connectivity index (χ4n) is 1.04. The summed E-state index contributed by atoms with van der Waals surface area (Å²) in [6.45, 7) is 7.86. The zero-order valence-corrected chi connectivity index (χ0v) is 10.7. The van der Waals surface area contributed by atoms with Crippen LogP contribution in [0.3, 0.4) is 0 Å². The van der Waals surface area contributed by atoms with Gasteiger partial charge in [0.05, 0.1) is 6.61 Å². The Hall–Kier alpha value is -0.480. The summed E-state index contributed by atoms with van der Waals surface area (Å²) in [6.07, 6.45) is 2.35. The molecule has 0 unspecified atom stereocenters. The standard InChI is InChI=1S/C10H22N2O2.ClH/c1-10(2,3)12-7-5-4-6-8-14-9(11)13;/h12H,4-8H2,1-3H3,(H2,11,13);1H. The van der Waals surface area contributed by atoms with Crippen LogP contribution in [0.15, 0.2) is 0 Å². The summed E-state index contributed by atoms with van der Waals surface area (Å²) < 4.78 is 4.61. The van der Waals surface area contributed by atoms with Crippen molar-refractivity contribution < 1.29 is 9.53 Å². The van der Waals surface area contributed by atoms with Crippen LogP contribution in [-0.2, 0) is 4.74 Å². The van der Waals surface area contributed by atoms with Gasteiger partial charge in [-0.05, 0) is 46.6 Å². The van der Waals surface area contributed by atoms with Crippen molar-refractivity contribution >= 4 is 18.5 Å². The van der Waals surface area contributed by atoms with Crippen LogP contribution < -0.4 is 11.1 Å². The zero-order chi connectivity index (χ0) is 11.0. The minimum absolute atomic E-state index is 0. The number of hydrogen-bond acceptors (Lipinski definition) is 3. The molecule has 0 saturated heterocycles. The predicted octanol–water partition coefficient (Wildman–Crippen LogP) is 2.06. The molecule has 0 aliphatic rings. The van der Waals surface area contributed by atoms with Gasteiger partial charge in [-0.2, -0.15) is 0 Å². The first-order valence-corrected chi connectivity index (χ1v) is 5.09. The normalized spacial score (nSPS) is 10.6. The van der Waals surface area contributed by atoms with Crippen LogP contribution in [0.5, 0.6) is 0 Å². The van der Waals surface area contributed by atoms with Crippen molar-refractivity contribution in [2.75, 3.05) is 13.2 Å². The van der Waals surface area contributed by atoms with Gasteiger partial charge in [0.2, 0.25) is 0 Å². The van der Waals surface area contributed by atoms with Crippen LogP contribution in [-0.4, -0.2) is 24.8 Å². The zero-order valence-electron chi connectivity index (χ0n) is 9.84. The maximum Gasteiger partial charge on any atom is 0.404 e. The van der Waals surface area contributed by atoms with Gasteiger partial charge in [0.15, 0.2) is 0 Å². The lowest BCUT2D eigenvalue weighted by Crippen LogP contribution is -2.36. The van der Waals surface area contributed by atoms with Gasteiger partial charge in [-0.1, -0.05) is 0 Å². The Kier molecular flexibility index (Phi) is 9.93. The maximum atomic E-state index is 10.2. The number of unbranched alkanes of at least 4 members (excludes halogenated alkanes) is 2. The molecule has 4 nitrogen and oxygen atoms in total. The minimum atomic E-state index is -0.683. The van der Waals surface area contributed by atoms with Gasteiger partial charge in [0.25, 0.3) is 0 Å². The molecule has 0 aliphatic carbocycles. The van der Waals surface area contributed by atoms with Gasteiger partial charge in [-0.25, -0.2) is 4.79 Å². The summed E-state index contributed by atoms with van der Waals surface area (Å²) in [4.78, 5) is 10.2. The molecule has 0 bridgehead atoms. The molecule has 0 radical (unpaired) electrons. The molecule has 0 saturated carbocycles. The van der Waals surface area contributed by atoms with Crippen LogP contribution in [0.2, 0.25) is 0 Å². The maximum absolute atomic E-state index is 10.2. The Balaban J connectivity index is 0. The molecule has 0 aromatic heterocycles. The van der Waals surface area contributed by atoms with Gasteiger partial charge in [0, 0.05) is 5.54 Å². The van der Waals surface area contributed by atoms with Gasteiger partial charge < -0.3 is 15.8 Å². The van der Waals surface area contributed by atoms with Crippen LogP contribution in [0.25, 0.3) is 0 Å². The quantitative estimate of drug-likeness (QED) is 0.697. The fraction of sp³-hybridized carbons (Fsp3) is 0.900. The first kappa shape index (κ1) is 16.9. The van der Waals surface area contributed by atoms with Crippen LogP contribution in [0.4, 0.5) is 4.79 Å². The lowest BCUT2D eigenvalue weighted by Gasteiger charge is -2.20. The van der Waals surface area contributed by atoms with E-state index in [0.717, 1.165) is 25.8 Å². The van der Waals surface area contributed by atoms with Crippen LogP contribution in [0.1, 0.15) is 40.0 Å². The van der Waals surface area contributed by atoms with Crippen molar-refractivity contribution in [2.24, 2.45) is 5.73 Å². The van der Waals surface area contributed by atoms with E-state index in [-0.39, 0.29) is 17.9 Å². The predicted molar refractivity (Wildman–Crippen MR) is 64.4 cm³/mol. The SMILES string of the molecule is CC(C)(C)NCCCCCOC(N)=O.Cl. The molecule has 3 N–H and O–H groups in total. The number of amides is 1. The molecule has 0 atom stereocenters. The van der Waals surface area contributed by atoms with E-state index in [9.17, 15) is 4.79 Å². The number of ether oxygens (including phenoxy) is 1. The van der Waals surface area contributed by atoms with E-state index in [1.807, 2.05) is 0 Å². The van der Waals surface area contributed by atoms with E-state index < -0.39 is 6.09 Å². The average Bonchev–Trinajstić information content (AvgIpc) is 2.00. The number of rotatable bonds is 6. The number of nitrogens with two attached hydrogens (primary N) is 1. The van der Waals surface area contributed by atoms with Gasteiger partial charge in [-0.15, -0.1) is 12.4 Å². The third-order valence-electron chi connectivity index (χ3n) is 1.72. The lowest BCUT2D eigenvalue weighted by molar-refractivity contribution is 0.154. The van der Waals surface area contributed by atoms with E-state index in [1.54, 1.807) is 0 Å². The first-order valence-electron chi connectivity index (χ1n) is 5.09. The average molecular weight is 239 g/mol. The molecule has 0 rings (SSSR count). The fourth-order valence-corrected chi connectivity index (χ4v) is 1.04. The molecule has 0 fully saturated rings. The van der Waals surface area contributed by atoms with Gasteiger partial charge in [0.1, 0.15) is 0 Å². The Morgan fingerprint density at radius 2 is 1.87 bits per heavy atom. The number of carbonyl (C=O) groups excluding carboxylic acids is 1. The third-order valence-corrected chi connectivity index (χ3v) is 1.72. The largest absolute Gasteiger partial charge is 0.450 e. The molecule has 92 valence electrons. The molecule has 0 aromatic carbocycles. The number of nitrogens with one attached hydrogen (secondary N) is 1. The second-order valence-electron chi connectivity index (χ2n) is 4.40. The Morgan fingerprint density at radius 1 is 1.27 bits per heavy atom. The number of halogens is 1. The molecule has 1 amide bonds. The smallest absolute Gasteiger partial charge is 0.404 e.